The highest BCUT2D eigenvalue weighted by Crippen LogP contribution is 2.21. The van der Waals surface area contributed by atoms with Crippen molar-refractivity contribution in [3.05, 3.63) is 40.5 Å². The second kappa shape index (κ2) is 3.76. The Kier molecular flexibility index (Phi) is 2.65. The van der Waals surface area contributed by atoms with Gasteiger partial charge >= 0.3 is 0 Å². The summed E-state index contributed by atoms with van der Waals surface area (Å²) in [5, 5.41) is 2.02. The predicted octanol–water partition coefficient (Wildman–Crippen LogP) is 3.89. The fourth-order valence-electron chi connectivity index (χ4n) is 1.30. The number of pyridine rings is 1. The van der Waals surface area contributed by atoms with Crippen LogP contribution in [0.4, 0.5) is 0 Å². The number of nitrogens with zero attached hydrogens (tertiary/aromatic N) is 1. The molecule has 0 spiro atoms. The predicted molar refractivity (Wildman–Crippen MR) is 62.1 cm³/mol. The third-order valence-electron chi connectivity index (χ3n) is 1.91. The van der Waals surface area contributed by atoms with Gasteiger partial charge in [0.05, 0.1) is 5.52 Å². The van der Waals surface area contributed by atoms with Crippen molar-refractivity contribution in [1.29, 1.82) is 0 Å². The minimum absolute atomic E-state index is 0.846. The molecule has 0 fully saturated rings. The number of hydrogen-bond acceptors (Lipinski definition) is 1. The van der Waals surface area contributed by atoms with Crippen LogP contribution in [0, 0.1) is 0 Å². The minimum atomic E-state index is 0.846. The van der Waals surface area contributed by atoms with Gasteiger partial charge in [-0.2, -0.15) is 0 Å². The lowest BCUT2D eigenvalue weighted by Gasteiger charge is -2.01. The maximum absolute atomic E-state index is 4.37. The van der Waals surface area contributed by atoms with Crippen molar-refractivity contribution in [2.24, 2.45) is 0 Å². The van der Waals surface area contributed by atoms with Crippen molar-refractivity contribution >= 4 is 42.8 Å². The lowest BCUT2D eigenvalue weighted by molar-refractivity contribution is 1.34. The summed E-state index contributed by atoms with van der Waals surface area (Å²) in [7, 11) is 0. The third-order valence-corrected chi connectivity index (χ3v) is 2.94. The smallest absolute Gasteiger partial charge is 0.0743 e. The Labute approximate surface area is 93.4 Å². The van der Waals surface area contributed by atoms with Crippen LogP contribution in [0.15, 0.2) is 34.9 Å². The van der Waals surface area contributed by atoms with Crippen LogP contribution in [-0.4, -0.2) is 4.98 Å². The summed E-state index contributed by atoms with van der Waals surface area (Å²) in [5.41, 5.74) is 2.30. The van der Waals surface area contributed by atoms with Gasteiger partial charge in [-0.25, -0.2) is 0 Å². The molecule has 0 N–H and O–H groups in total. The number of benzene rings is 1. The topological polar surface area (TPSA) is 12.9 Å². The van der Waals surface area contributed by atoms with E-state index < -0.39 is 0 Å². The van der Waals surface area contributed by atoms with E-state index in [0.29, 0.717) is 0 Å². The Morgan fingerprint density at radius 1 is 1.31 bits per heavy atom. The molecule has 1 aromatic carbocycles. The standard InChI is InChI=1S/C10H7Br2N/c11-5-8-3-1-2-7-4-9(12)6-13-10(7)8/h1-4,6H,5H2. The van der Waals surface area contributed by atoms with E-state index in [2.05, 4.69) is 55.0 Å². The number of rotatable bonds is 1. The van der Waals surface area contributed by atoms with E-state index in [1.807, 2.05) is 12.3 Å². The molecule has 1 aromatic heterocycles. The third kappa shape index (κ3) is 1.76. The fraction of sp³-hybridized carbons (Fsp3) is 0.100. The molecule has 1 nitrogen and oxygen atoms in total. The molecule has 0 atom stereocenters. The van der Waals surface area contributed by atoms with E-state index in [9.17, 15) is 0 Å². The van der Waals surface area contributed by atoms with Crippen LogP contribution in [0.5, 0.6) is 0 Å². The van der Waals surface area contributed by atoms with Gasteiger partial charge in [0.25, 0.3) is 0 Å². The van der Waals surface area contributed by atoms with Crippen LogP contribution >= 0.6 is 31.9 Å². The highest BCUT2D eigenvalue weighted by atomic mass is 79.9. The first kappa shape index (κ1) is 9.16. The van der Waals surface area contributed by atoms with Gasteiger partial charge in [-0.1, -0.05) is 34.1 Å². The Morgan fingerprint density at radius 3 is 2.92 bits per heavy atom. The Hall–Kier alpha value is -0.410. The summed E-state index contributed by atoms with van der Waals surface area (Å²) >= 11 is 6.85. The highest BCUT2D eigenvalue weighted by Gasteiger charge is 2.00. The molecule has 0 aliphatic rings. The largest absolute Gasteiger partial charge is 0.255 e. The van der Waals surface area contributed by atoms with E-state index in [1.54, 1.807) is 0 Å². The van der Waals surface area contributed by atoms with Crippen LogP contribution in [0.25, 0.3) is 10.9 Å². The monoisotopic (exact) mass is 299 g/mol. The van der Waals surface area contributed by atoms with Crippen LogP contribution in [0.3, 0.4) is 0 Å². The molecule has 0 bridgehead atoms. The molecular formula is C10H7Br2N. The van der Waals surface area contributed by atoms with E-state index >= 15 is 0 Å². The molecule has 0 saturated carbocycles. The van der Waals surface area contributed by atoms with Gasteiger partial charge in [-0.3, -0.25) is 4.98 Å². The molecule has 2 rings (SSSR count). The average molecular weight is 301 g/mol. The van der Waals surface area contributed by atoms with Crippen molar-refractivity contribution < 1.29 is 0 Å². The first-order chi connectivity index (χ1) is 6.31. The summed E-state index contributed by atoms with van der Waals surface area (Å²) < 4.78 is 1.02. The highest BCUT2D eigenvalue weighted by molar-refractivity contribution is 9.10. The molecular weight excluding hydrogens is 294 g/mol. The molecule has 0 unspecified atom stereocenters. The summed E-state index contributed by atoms with van der Waals surface area (Å²) in [6.07, 6.45) is 1.83. The minimum Gasteiger partial charge on any atom is -0.255 e. The number of aromatic nitrogens is 1. The molecule has 0 radical (unpaired) electrons. The van der Waals surface area contributed by atoms with E-state index in [-0.39, 0.29) is 0 Å². The summed E-state index contributed by atoms with van der Waals surface area (Å²) in [4.78, 5) is 4.37. The van der Waals surface area contributed by atoms with E-state index in [0.717, 1.165) is 15.3 Å². The van der Waals surface area contributed by atoms with Gasteiger partial charge < -0.3 is 0 Å². The van der Waals surface area contributed by atoms with Gasteiger partial charge in [-0.15, -0.1) is 0 Å². The SMILES string of the molecule is BrCc1cccc2cc(Br)cnc12. The van der Waals surface area contributed by atoms with Crippen molar-refractivity contribution in [1.82, 2.24) is 4.98 Å². The zero-order chi connectivity index (χ0) is 9.26. The average Bonchev–Trinajstić information content (AvgIpc) is 2.16. The number of fused-ring (bicyclic) bond motifs is 1. The van der Waals surface area contributed by atoms with E-state index in [1.165, 1.54) is 10.9 Å². The second-order valence-electron chi connectivity index (χ2n) is 2.78. The molecule has 1 heterocycles. The molecule has 3 heteroatoms. The Bertz CT molecular complexity index is 440. The molecule has 0 aliphatic carbocycles. The fourth-order valence-corrected chi connectivity index (χ4v) is 2.11. The zero-order valence-electron chi connectivity index (χ0n) is 6.80. The normalized spacial score (nSPS) is 10.6. The van der Waals surface area contributed by atoms with Crippen LogP contribution < -0.4 is 0 Å². The van der Waals surface area contributed by atoms with Crippen LogP contribution in [-0.2, 0) is 5.33 Å². The Balaban J connectivity index is 2.77. The summed E-state index contributed by atoms with van der Waals surface area (Å²) in [6.45, 7) is 0. The molecule has 0 saturated heterocycles. The molecule has 2 aromatic rings. The lowest BCUT2D eigenvalue weighted by Crippen LogP contribution is -1.85. The maximum atomic E-state index is 4.37. The summed E-state index contributed by atoms with van der Waals surface area (Å²) in [6, 6.07) is 8.28. The number of hydrogen-bond donors (Lipinski definition) is 0. The van der Waals surface area contributed by atoms with Gasteiger partial charge in [0, 0.05) is 21.4 Å². The first-order valence-corrected chi connectivity index (χ1v) is 5.82. The van der Waals surface area contributed by atoms with Gasteiger partial charge in [0.2, 0.25) is 0 Å². The maximum Gasteiger partial charge on any atom is 0.0743 e. The number of alkyl halides is 1. The second-order valence-corrected chi connectivity index (χ2v) is 4.25. The van der Waals surface area contributed by atoms with Crippen molar-refractivity contribution in [3.63, 3.8) is 0 Å². The zero-order valence-corrected chi connectivity index (χ0v) is 9.97. The van der Waals surface area contributed by atoms with Crippen molar-refractivity contribution in [2.45, 2.75) is 5.33 Å². The van der Waals surface area contributed by atoms with Gasteiger partial charge in [0.1, 0.15) is 0 Å². The molecule has 66 valence electrons. The Morgan fingerprint density at radius 2 is 2.15 bits per heavy atom. The molecule has 0 aliphatic heterocycles. The van der Waals surface area contributed by atoms with Crippen molar-refractivity contribution in [3.8, 4) is 0 Å². The molecule has 13 heavy (non-hydrogen) atoms. The first-order valence-electron chi connectivity index (χ1n) is 3.90. The number of para-hydroxylation sites is 1. The van der Waals surface area contributed by atoms with E-state index in [4.69, 9.17) is 0 Å². The van der Waals surface area contributed by atoms with Crippen molar-refractivity contribution in [2.75, 3.05) is 0 Å². The van der Waals surface area contributed by atoms with Gasteiger partial charge in [-0.05, 0) is 27.6 Å². The van der Waals surface area contributed by atoms with Crippen LogP contribution in [0.2, 0.25) is 0 Å². The lowest BCUT2D eigenvalue weighted by atomic mass is 10.1. The van der Waals surface area contributed by atoms with Gasteiger partial charge in [0.15, 0.2) is 0 Å². The molecule has 0 amide bonds. The van der Waals surface area contributed by atoms with Crippen LogP contribution in [0.1, 0.15) is 5.56 Å². The summed E-state index contributed by atoms with van der Waals surface area (Å²) in [5.74, 6) is 0. The quantitative estimate of drug-likeness (QED) is 0.728. The number of halogens is 2.